The van der Waals surface area contributed by atoms with Gasteiger partial charge in [0.2, 0.25) is 0 Å². The Hall–Kier alpha value is -3.84. The van der Waals surface area contributed by atoms with Crippen LogP contribution in [-0.2, 0) is 9.53 Å². The molecule has 0 fully saturated rings. The van der Waals surface area contributed by atoms with E-state index < -0.39 is 24.0 Å². The number of fused-ring (bicyclic) bond motifs is 3. The third kappa shape index (κ3) is 5.05. The zero-order valence-corrected chi connectivity index (χ0v) is 19.1. The molecular formula is C26H23ClN2O5. The third-order valence-electron chi connectivity index (χ3n) is 5.67. The Bertz CT molecular complexity index is 1210. The first-order chi connectivity index (χ1) is 16.3. The fourth-order valence-electron chi connectivity index (χ4n) is 4.12. The van der Waals surface area contributed by atoms with Crippen molar-refractivity contribution in [2.45, 2.75) is 25.3 Å². The van der Waals surface area contributed by atoms with Crippen LogP contribution in [-0.4, -0.2) is 35.7 Å². The molecule has 8 heteroatoms. The second kappa shape index (κ2) is 9.97. The highest BCUT2D eigenvalue weighted by molar-refractivity contribution is 6.34. The smallest absolute Gasteiger partial charge is 0.411 e. The van der Waals surface area contributed by atoms with E-state index in [0.717, 1.165) is 22.3 Å². The standard InChI is InChI=1S/C26H23ClN2O5/c1-15(12-24(30)31)28-25(32)16-10-11-23(22(27)13-16)29-26(33)34-14-21-19-8-4-2-6-17(19)18-7-3-5-9-20(18)21/h2-11,13,15,21H,12,14H2,1H3,(H,28,32)(H,29,33)(H,30,31)/t15-/m0/s1. The van der Waals surface area contributed by atoms with E-state index >= 15 is 0 Å². The molecule has 0 bridgehead atoms. The monoisotopic (exact) mass is 478 g/mol. The molecule has 3 aromatic rings. The van der Waals surface area contributed by atoms with E-state index in [-0.39, 0.29) is 29.5 Å². The van der Waals surface area contributed by atoms with Gasteiger partial charge in [-0.3, -0.25) is 14.9 Å². The maximum atomic E-state index is 12.5. The van der Waals surface area contributed by atoms with Crippen LogP contribution in [0.1, 0.15) is 40.7 Å². The molecule has 0 aliphatic heterocycles. The van der Waals surface area contributed by atoms with Gasteiger partial charge in [0, 0.05) is 17.5 Å². The predicted molar refractivity (Wildman–Crippen MR) is 129 cm³/mol. The first-order valence-corrected chi connectivity index (χ1v) is 11.2. The largest absolute Gasteiger partial charge is 0.481 e. The molecule has 4 rings (SSSR count). The molecular weight excluding hydrogens is 456 g/mol. The summed E-state index contributed by atoms with van der Waals surface area (Å²) in [6, 6.07) is 20.0. The van der Waals surface area contributed by atoms with E-state index in [4.69, 9.17) is 21.4 Å². The molecule has 1 atom stereocenters. The molecule has 1 aliphatic carbocycles. The van der Waals surface area contributed by atoms with Crippen LogP contribution in [0.3, 0.4) is 0 Å². The van der Waals surface area contributed by atoms with Crippen molar-refractivity contribution in [2.75, 3.05) is 11.9 Å². The summed E-state index contributed by atoms with van der Waals surface area (Å²) in [6.07, 6.45) is -0.850. The fraction of sp³-hybridized carbons (Fsp3) is 0.192. The summed E-state index contributed by atoms with van der Waals surface area (Å²) in [5, 5.41) is 14.2. The van der Waals surface area contributed by atoms with Gasteiger partial charge in [-0.2, -0.15) is 0 Å². The maximum absolute atomic E-state index is 12.5. The highest BCUT2D eigenvalue weighted by Gasteiger charge is 2.29. The summed E-state index contributed by atoms with van der Waals surface area (Å²) < 4.78 is 5.52. The summed E-state index contributed by atoms with van der Waals surface area (Å²) in [5.74, 6) is -1.52. The van der Waals surface area contributed by atoms with Crippen molar-refractivity contribution >= 4 is 35.3 Å². The summed E-state index contributed by atoms with van der Waals surface area (Å²) in [7, 11) is 0. The van der Waals surface area contributed by atoms with Gasteiger partial charge >= 0.3 is 12.1 Å². The lowest BCUT2D eigenvalue weighted by molar-refractivity contribution is -0.137. The summed E-state index contributed by atoms with van der Waals surface area (Å²) in [6.45, 7) is 1.76. The molecule has 3 aromatic carbocycles. The maximum Gasteiger partial charge on any atom is 0.411 e. The summed E-state index contributed by atoms with van der Waals surface area (Å²) >= 11 is 6.26. The number of rotatable bonds is 7. The highest BCUT2D eigenvalue weighted by atomic mass is 35.5. The molecule has 0 spiro atoms. The van der Waals surface area contributed by atoms with Crippen molar-refractivity contribution in [3.8, 4) is 11.1 Å². The average molecular weight is 479 g/mol. The normalized spacial score (nSPS) is 12.9. The van der Waals surface area contributed by atoms with Gasteiger partial charge in [-0.15, -0.1) is 0 Å². The molecule has 1 aliphatic rings. The van der Waals surface area contributed by atoms with E-state index in [9.17, 15) is 14.4 Å². The van der Waals surface area contributed by atoms with Crippen LogP contribution in [0.25, 0.3) is 11.1 Å². The van der Waals surface area contributed by atoms with Gasteiger partial charge in [0.15, 0.2) is 0 Å². The Morgan fingerprint density at radius 2 is 1.62 bits per heavy atom. The first-order valence-electron chi connectivity index (χ1n) is 10.8. The molecule has 34 heavy (non-hydrogen) atoms. The average Bonchev–Trinajstić information content (AvgIpc) is 3.12. The Labute approximate surface area is 201 Å². The van der Waals surface area contributed by atoms with Gasteiger partial charge < -0.3 is 15.2 Å². The molecule has 0 saturated heterocycles. The number of carboxylic acid groups (broad SMARTS) is 1. The fourth-order valence-corrected chi connectivity index (χ4v) is 4.35. The summed E-state index contributed by atoms with van der Waals surface area (Å²) in [5.41, 5.74) is 5.06. The second-order valence-electron chi connectivity index (χ2n) is 8.12. The quantitative estimate of drug-likeness (QED) is 0.427. The van der Waals surface area contributed by atoms with Crippen molar-refractivity contribution in [2.24, 2.45) is 0 Å². The van der Waals surface area contributed by atoms with E-state index in [1.807, 2.05) is 36.4 Å². The molecule has 3 N–H and O–H groups in total. The Balaban J connectivity index is 1.38. The number of anilines is 1. The third-order valence-corrected chi connectivity index (χ3v) is 5.98. The molecule has 0 radical (unpaired) electrons. The van der Waals surface area contributed by atoms with Gasteiger partial charge in [-0.05, 0) is 47.4 Å². The zero-order valence-electron chi connectivity index (χ0n) is 18.4. The van der Waals surface area contributed by atoms with Gasteiger partial charge in [0.05, 0.1) is 17.1 Å². The number of hydrogen-bond donors (Lipinski definition) is 3. The van der Waals surface area contributed by atoms with Crippen molar-refractivity contribution in [1.82, 2.24) is 5.32 Å². The molecule has 0 aromatic heterocycles. The van der Waals surface area contributed by atoms with Crippen LogP contribution in [0.2, 0.25) is 5.02 Å². The number of carboxylic acids is 1. The molecule has 174 valence electrons. The van der Waals surface area contributed by atoms with Crippen molar-refractivity contribution in [3.63, 3.8) is 0 Å². The lowest BCUT2D eigenvalue weighted by atomic mass is 9.98. The number of aliphatic carboxylic acids is 1. The molecule has 2 amide bonds. The Morgan fingerprint density at radius 3 is 2.21 bits per heavy atom. The van der Waals surface area contributed by atoms with Gasteiger partial charge in [-0.1, -0.05) is 60.1 Å². The van der Waals surface area contributed by atoms with Crippen LogP contribution in [0, 0.1) is 0 Å². The Kier molecular flexibility index (Phi) is 6.84. The van der Waals surface area contributed by atoms with Crippen molar-refractivity contribution in [1.29, 1.82) is 0 Å². The first kappa shape index (κ1) is 23.3. The minimum Gasteiger partial charge on any atom is -0.481 e. The molecule has 0 heterocycles. The van der Waals surface area contributed by atoms with E-state index in [0.29, 0.717) is 5.69 Å². The molecule has 0 saturated carbocycles. The van der Waals surface area contributed by atoms with Crippen LogP contribution < -0.4 is 10.6 Å². The number of carbonyl (C=O) groups is 3. The summed E-state index contributed by atoms with van der Waals surface area (Å²) in [4.78, 5) is 35.5. The SMILES string of the molecule is C[C@@H](CC(=O)O)NC(=O)c1ccc(NC(=O)OCC2c3ccccc3-c3ccccc32)c(Cl)c1. The van der Waals surface area contributed by atoms with Gasteiger partial charge in [0.1, 0.15) is 6.61 Å². The van der Waals surface area contributed by atoms with E-state index in [2.05, 4.69) is 22.8 Å². The van der Waals surface area contributed by atoms with Crippen LogP contribution in [0.4, 0.5) is 10.5 Å². The number of halogens is 1. The number of benzene rings is 3. The molecule has 0 unspecified atom stereocenters. The minimum absolute atomic E-state index is 0.0625. The lowest BCUT2D eigenvalue weighted by Crippen LogP contribution is -2.34. The number of amides is 2. The highest BCUT2D eigenvalue weighted by Crippen LogP contribution is 2.44. The second-order valence-corrected chi connectivity index (χ2v) is 8.52. The van der Waals surface area contributed by atoms with Gasteiger partial charge in [0.25, 0.3) is 5.91 Å². The van der Waals surface area contributed by atoms with E-state index in [1.165, 1.54) is 18.2 Å². The van der Waals surface area contributed by atoms with Crippen molar-refractivity contribution < 1.29 is 24.2 Å². The Morgan fingerprint density at radius 1 is 1.00 bits per heavy atom. The van der Waals surface area contributed by atoms with Gasteiger partial charge in [-0.25, -0.2) is 4.79 Å². The number of ether oxygens (including phenoxy) is 1. The van der Waals surface area contributed by atoms with Crippen LogP contribution in [0.5, 0.6) is 0 Å². The predicted octanol–water partition coefficient (Wildman–Crippen LogP) is 5.29. The minimum atomic E-state index is -1.01. The zero-order chi connectivity index (χ0) is 24.2. The van der Waals surface area contributed by atoms with E-state index in [1.54, 1.807) is 6.92 Å². The lowest BCUT2D eigenvalue weighted by Gasteiger charge is -2.15. The van der Waals surface area contributed by atoms with Crippen LogP contribution in [0.15, 0.2) is 66.7 Å². The number of hydrogen-bond acceptors (Lipinski definition) is 4. The number of carbonyl (C=O) groups excluding carboxylic acids is 2. The number of nitrogens with one attached hydrogen (secondary N) is 2. The van der Waals surface area contributed by atoms with Crippen molar-refractivity contribution in [3.05, 3.63) is 88.4 Å². The van der Waals surface area contributed by atoms with Crippen LogP contribution >= 0.6 is 11.6 Å². The molecule has 7 nitrogen and oxygen atoms in total. The topological polar surface area (TPSA) is 105 Å².